The number of aliphatic hydroxyl groups excluding tert-OH is 1. The molecule has 0 amide bonds. The van der Waals surface area contributed by atoms with Crippen LogP contribution in [0.15, 0.2) is 0 Å². The van der Waals surface area contributed by atoms with Crippen molar-refractivity contribution in [2.75, 3.05) is 39.6 Å². The third kappa shape index (κ3) is 74.1. The number of hydrogen-bond acceptors (Lipinski definition) is 15. The van der Waals surface area contributed by atoms with Crippen LogP contribution in [0.2, 0.25) is 0 Å². The van der Waals surface area contributed by atoms with Crippen LogP contribution in [0, 0.1) is 11.8 Å². The highest BCUT2D eigenvalue weighted by molar-refractivity contribution is 7.47. The minimum atomic E-state index is -4.96. The number of carbonyl (C=O) groups is 4. The molecule has 2 unspecified atom stereocenters. The van der Waals surface area contributed by atoms with Crippen LogP contribution < -0.4 is 0 Å². The molecule has 17 nitrogen and oxygen atoms in total. The predicted molar refractivity (Wildman–Crippen MR) is 405 cm³/mol. The Morgan fingerprint density at radius 1 is 0.273 bits per heavy atom. The third-order valence-electron chi connectivity index (χ3n) is 18.7. The summed E-state index contributed by atoms with van der Waals surface area (Å²) in [6.45, 7) is 9.66. The standard InChI is InChI=1S/C80H156O17P2/c1-7-9-11-13-15-17-18-19-22-30-35-40-46-52-58-64-79(84)96-75(68-90-77(82)62-56-50-44-16-14-12-10-8-2)70-94-98(86,87)92-66-74(81)67-93-99(88,89)95-71-76(97-80(85)65-59-53-47-41-36-31-26-21-24-28-33-38-43-49-55-61-73(5)6)69-91-78(83)63-57-51-45-39-34-29-25-20-23-27-32-37-42-48-54-60-72(3)4/h72-76,81H,7-71H2,1-6H3,(H,86,87)(H,88,89)/t74-,75+,76+/m0/s1. The smallest absolute Gasteiger partial charge is 0.462 e. The Bertz CT molecular complexity index is 1910. The lowest BCUT2D eigenvalue weighted by Crippen LogP contribution is -2.30. The average molecular weight is 1450 g/mol. The Morgan fingerprint density at radius 3 is 0.687 bits per heavy atom. The van der Waals surface area contributed by atoms with Gasteiger partial charge in [0.2, 0.25) is 0 Å². The molecule has 0 aliphatic heterocycles. The molecule has 0 bridgehead atoms. The Hall–Kier alpha value is -1.94. The van der Waals surface area contributed by atoms with Crippen LogP contribution in [0.1, 0.15) is 420 Å². The van der Waals surface area contributed by atoms with Crippen LogP contribution >= 0.6 is 15.6 Å². The summed E-state index contributed by atoms with van der Waals surface area (Å²) in [5.74, 6) is -0.502. The normalized spacial score (nSPS) is 13.9. The first-order valence-electron chi connectivity index (χ1n) is 41.5. The molecule has 0 aliphatic rings. The first-order valence-corrected chi connectivity index (χ1v) is 44.5. The molecule has 0 aliphatic carbocycles. The molecule has 0 aromatic rings. The van der Waals surface area contributed by atoms with Crippen molar-refractivity contribution in [2.24, 2.45) is 11.8 Å². The summed E-state index contributed by atoms with van der Waals surface area (Å²) in [4.78, 5) is 72.9. The molecule has 0 aromatic heterocycles. The first kappa shape index (κ1) is 97.1. The molecule has 5 atom stereocenters. The van der Waals surface area contributed by atoms with Gasteiger partial charge >= 0.3 is 39.5 Å². The predicted octanol–water partition coefficient (Wildman–Crippen LogP) is 23.9. The maximum Gasteiger partial charge on any atom is 0.472 e. The van der Waals surface area contributed by atoms with Crippen LogP contribution in [0.3, 0.4) is 0 Å². The first-order chi connectivity index (χ1) is 47.9. The van der Waals surface area contributed by atoms with E-state index in [0.717, 1.165) is 108 Å². The van der Waals surface area contributed by atoms with Gasteiger partial charge in [-0.1, -0.05) is 369 Å². The van der Waals surface area contributed by atoms with E-state index in [0.29, 0.717) is 25.7 Å². The molecule has 0 spiro atoms. The summed E-state index contributed by atoms with van der Waals surface area (Å²) in [7, 11) is -9.91. The average Bonchev–Trinajstić information content (AvgIpc) is 0.985. The Labute approximate surface area is 607 Å². The van der Waals surface area contributed by atoms with E-state index in [1.54, 1.807) is 0 Å². The van der Waals surface area contributed by atoms with Gasteiger partial charge in [0.25, 0.3) is 0 Å². The number of ether oxygens (including phenoxy) is 4. The van der Waals surface area contributed by atoms with Gasteiger partial charge < -0.3 is 33.8 Å². The van der Waals surface area contributed by atoms with Crippen molar-refractivity contribution in [1.29, 1.82) is 0 Å². The summed E-state index contributed by atoms with van der Waals surface area (Å²) in [6, 6.07) is 0. The summed E-state index contributed by atoms with van der Waals surface area (Å²) < 4.78 is 68.6. The summed E-state index contributed by atoms with van der Waals surface area (Å²) in [5.41, 5.74) is 0. The van der Waals surface area contributed by atoms with Crippen LogP contribution in [0.4, 0.5) is 0 Å². The van der Waals surface area contributed by atoms with Crippen LogP contribution in [0.5, 0.6) is 0 Å². The molecule has 588 valence electrons. The third-order valence-corrected chi connectivity index (χ3v) is 20.6. The van der Waals surface area contributed by atoms with E-state index >= 15 is 0 Å². The SMILES string of the molecule is CCCCCCCCCCCCCCCCCC(=O)O[C@H](COC(=O)CCCCCCCCCC)COP(=O)(O)OC[C@H](O)COP(=O)(O)OC[C@@H](COC(=O)CCCCCCCCCCCCCCCCCC(C)C)OC(=O)CCCCCCCCCCCCCCCCCC(C)C. The topological polar surface area (TPSA) is 237 Å². The molecule has 99 heavy (non-hydrogen) atoms. The quantitative estimate of drug-likeness (QED) is 0.0222. The highest BCUT2D eigenvalue weighted by Gasteiger charge is 2.30. The van der Waals surface area contributed by atoms with E-state index in [4.69, 9.17) is 37.0 Å². The molecule has 0 fully saturated rings. The molecular weight excluding hydrogens is 1290 g/mol. The number of phosphoric ester groups is 2. The zero-order valence-electron chi connectivity index (χ0n) is 64.8. The zero-order chi connectivity index (χ0) is 72.8. The van der Waals surface area contributed by atoms with Crippen molar-refractivity contribution in [1.82, 2.24) is 0 Å². The molecule has 19 heteroatoms. The van der Waals surface area contributed by atoms with E-state index in [2.05, 4.69) is 41.5 Å². The van der Waals surface area contributed by atoms with E-state index in [-0.39, 0.29) is 25.7 Å². The minimum absolute atomic E-state index is 0.108. The second-order valence-electron chi connectivity index (χ2n) is 29.8. The molecular formula is C80H156O17P2. The molecule has 0 saturated heterocycles. The maximum atomic E-state index is 13.1. The van der Waals surface area contributed by atoms with Gasteiger partial charge in [0.05, 0.1) is 26.4 Å². The number of esters is 4. The van der Waals surface area contributed by atoms with Crippen LogP contribution in [0.25, 0.3) is 0 Å². The Kier molecular flexibility index (Phi) is 70.3. The number of unbranched alkanes of at least 4 members (excludes halogenated alkanes) is 49. The molecule has 0 radical (unpaired) electrons. The minimum Gasteiger partial charge on any atom is -0.462 e. The maximum absolute atomic E-state index is 13.1. The zero-order valence-corrected chi connectivity index (χ0v) is 66.6. The molecule has 0 heterocycles. The lowest BCUT2D eigenvalue weighted by molar-refractivity contribution is -0.161. The van der Waals surface area contributed by atoms with Crippen LogP contribution in [-0.2, 0) is 65.4 Å². The monoisotopic (exact) mass is 1450 g/mol. The number of carbonyl (C=O) groups excluding carboxylic acids is 4. The fraction of sp³-hybridized carbons (Fsp3) is 0.950. The number of rotatable bonds is 79. The van der Waals surface area contributed by atoms with Gasteiger partial charge in [-0.05, 0) is 37.5 Å². The highest BCUT2D eigenvalue weighted by atomic mass is 31.2. The van der Waals surface area contributed by atoms with Crippen molar-refractivity contribution < 1.29 is 80.2 Å². The van der Waals surface area contributed by atoms with Crippen LogP contribution in [-0.4, -0.2) is 96.7 Å². The number of aliphatic hydroxyl groups is 1. The Morgan fingerprint density at radius 2 is 0.465 bits per heavy atom. The van der Waals surface area contributed by atoms with Gasteiger partial charge in [-0.15, -0.1) is 0 Å². The number of hydrogen-bond donors (Lipinski definition) is 3. The summed E-state index contributed by atoms with van der Waals surface area (Å²) in [6.07, 6.45) is 61.0. The van der Waals surface area contributed by atoms with Crippen molar-refractivity contribution in [3.63, 3.8) is 0 Å². The largest absolute Gasteiger partial charge is 0.472 e. The Balaban J connectivity index is 5.21. The van der Waals surface area contributed by atoms with Crippen molar-refractivity contribution in [2.45, 2.75) is 439 Å². The summed E-state index contributed by atoms with van der Waals surface area (Å²) in [5, 5.41) is 10.6. The van der Waals surface area contributed by atoms with E-state index in [1.165, 1.54) is 231 Å². The van der Waals surface area contributed by atoms with Gasteiger partial charge in [0, 0.05) is 25.7 Å². The van der Waals surface area contributed by atoms with Gasteiger partial charge in [0.15, 0.2) is 12.2 Å². The fourth-order valence-electron chi connectivity index (χ4n) is 12.4. The highest BCUT2D eigenvalue weighted by Crippen LogP contribution is 2.45. The molecule has 3 N–H and O–H groups in total. The lowest BCUT2D eigenvalue weighted by atomic mass is 10.0. The lowest BCUT2D eigenvalue weighted by Gasteiger charge is -2.21. The molecule has 0 aromatic carbocycles. The van der Waals surface area contributed by atoms with Gasteiger partial charge in [-0.3, -0.25) is 37.3 Å². The van der Waals surface area contributed by atoms with Crippen molar-refractivity contribution in [3.05, 3.63) is 0 Å². The van der Waals surface area contributed by atoms with Gasteiger partial charge in [-0.25, -0.2) is 9.13 Å². The summed E-state index contributed by atoms with van der Waals surface area (Å²) >= 11 is 0. The van der Waals surface area contributed by atoms with E-state index < -0.39 is 97.5 Å². The van der Waals surface area contributed by atoms with E-state index in [1.807, 2.05) is 0 Å². The second kappa shape index (κ2) is 71.7. The van der Waals surface area contributed by atoms with E-state index in [9.17, 15) is 43.2 Å². The number of phosphoric acid groups is 2. The van der Waals surface area contributed by atoms with Crippen molar-refractivity contribution >= 4 is 39.5 Å². The molecule has 0 saturated carbocycles. The van der Waals surface area contributed by atoms with Gasteiger partial charge in [0.1, 0.15) is 19.3 Å². The van der Waals surface area contributed by atoms with Crippen molar-refractivity contribution in [3.8, 4) is 0 Å². The molecule has 0 rings (SSSR count). The second-order valence-corrected chi connectivity index (χ2v) is 32.7. The fourth-order valence-corrected chi connectivity index (χ4v) is 13.9. The van der Waals surface area contributed by atoms with Gasteiger partial charge in [-0.2, -0.15) is 0 Å².